The van der Waals surface area contributed by atoms with E-state index < -0.39 is 23.3 Å². The second kappa shape index (κ2) is 8.75. The normalized spacial score (nSPS) is 19.5. The fourth-order valence-corrected chi connectivity index (χ4v) is 4.92. The minimum Gasteiger partial charge on any atom is -0.492 e. The van der Waals surface area contributed by atoms with Crippen molar-refractivity contribution < 1.29 is 38.4 Å². The number of hydrogen-bond acceptors (Lipinski definition) is 10. The third-order valence-corrected chi connectivity index (χ3v) is 6.64. The van der Waals surface area contributed by atoms with E-state index in [9.17, 15) is 33.7 Å². The lowest BCUT2D eigenvalue weighted by Crippen LogP contribution is -2.66. The van der Waals surface area contributed by atoms with Crippen LogP contribution in [0.4, 0.5) is 31.7 Å². The van der Waals surface area contributed by atoms with Crippen LogP contribution in [0, 0.1) is 11.3 Å². The molecule has 12 nitrogen and oxygen atoms in total. The number of ether oxygens (including phenoxy) is 1. The van der Waals surface area contributed by atoms with Crippen molar-refractivity contribution in [3.8, 4) is 5.75 Å². The van der Waals surface area contributed by atoms with Crippen LogP contribution in [0.3, 0.4) is 0 Å². The zero-order valence-electron chi connectivity index (χ0n) is 19.8. The second-order valence-electron chi connectivity index (χ2n) is 9.90. The maximum Gasteiger partial charge on any atom is 0.369 e. The number of nitrogens with one attached hydrogen (secondary N) is 3. The molecule has 0 atom stereocenters. The number of aliphatic hydroxyl groups is 3. The maximum atomic E-state index is 13.4. The molecule has 0 unspecified atom stereocenters. The van der Waals surface area contributed by atoms with Crippen LogP contribution in [-0.2, 0) is 4.79 Å². The number of anilines is 4. The van der Waals surface area contributed by atoms with Crippen molar-refractivity contribution >= 4 is 34.7 Å². The van der Waals surface area contributed by atoms with Crippen molar-refractivity contribution in [1.29, 1.82) is 0 Å². The van der Waals surface area contributed by atoms with Gasteiger partial charge in [-0.05, 0) is 12.8 Å². The Labute approximate surface area is 209 Å². The molecule has 0 bridgehead atoms. The first kappa shape index (κ1) is 25.0. The minimum atomic E-state index is -3.47. The van der Waals surface area contributed by atoms with Crippen LogP contribution in [0.5, 0.6) is 5.75 Å². The summed E-state index contributed by atoms with van der Waals surface area (Å²) in [6.07, 6.45) is 1.82. The van der Waals surface area contributed by atoms with E-state index in [4.69, 9.17) is 4.74 Å². The number of carbonyl (C=O) groups is 2. The van der Waals surface area contributed by atoms with E-state index in [2.05, 4.69) is 20.6 Å². The Hall–Kier alpha value is -3.62. The molecule has 3 fully saturated rings. The van der Waals surface area contributed by atoms with Crippen LogP contribution in [0.25, 0.3) is 0 Å². The first-order valence-electron chi connectivity index (χ1n) is 11.6. The lowest BCUT2D eigenvalue weighted by Gasteiger charge is -2.59. The number of methoxy groups -OCH3 is 1. The van der Waals surface area contributed by atoms with Gasteiger partial charge in [0.25, 0.3) is 5.91 Å². The van der Waals surface area contributed by atoms with Gasteiger partial charge in [-0.3, -0.25) is 19.9 Å². The molecule has 2 aromatic rings. The Balaban J connectivity index is 1.42. The number of halogens is 2. The highest BCUT2D eigenvalue weighted by molar-refractivity contribution is 6.02. The molecule has 1 spiro atoms. The summed E-state index contributed by atoms with van der Waals surface area (Å²) in [6, 6.07) is 1.37. The number of rotatable bonds is 8. The summed E-state index contributed by atoms with van der Waals surface area (Å²) in [6.45, 7) is 0.853. The van der Waals surface area contributed by atoms with Gasteiger partial charge in [0, 0.05) is 49.5 Å². The van der Waals surface area contributed by atoms with E-state index in [-0.39, 0.29) is 41.7 Å². The molecule has 198 valence electrons. The summed E-state index contributed by atoms with van der Waals surface area (Å²) in [5.41, 5.74) is 0.337. The van der Waals surface area contributed by atoms with Gasteiger partial charge < -0.3 is 35.6 Å². The van der Waals surface area contributed by atoms with Gasteiger partial charge in [-0.25, -0.2) is 13.8 Å². The van der Waals surface area contributed by atoms with Gasteiger partial charge in [0.15, 0.2) is 5.75 Å². The van der Waals surface area contributed by atoms with E-state index in [1.807, 2.05) is 4.90 Å². The van der Waals surface area contributed by atoms with Crippen LogP contribution in [0.15, 0.2) is 24.7 Å². The van der Waals surface area contributed by atoms with E-state index >= 15 is 0 Å². The zero-order chi connectivity index (χ0) is 26.6. The SMILES string of the molecule is COc1c(Nc2cc(NC(=O)C3CC3)ncc2C(=O)NC(O)(O)O)cncc1N1CC2(C1)CC(F)(F)C2. The molecule has 2 aliphatic carbocycles. The lowest BCUT2D eigenvalue weighted by molar-refractivity contribution is -0.323. The van der Waals surface area contributed by atoms with Gasteiger partial charge in [-0.2, -0.15) is 0 Å². The van der Waals surface area contributed by atoms with E-state index in [1.165, 1.54) is 19.4 Å². The zero-order valence-corrected chi connectivity index (χ0v) is 19.8. The molecule has 0 radical (unpaired) electrons. The molecular weight excluding hydrogens is 494 g/mol. The molecule has 2 saturated carbocycles. The predicted octanol–water partition coefficient (Wildman–Crippen LogP) is 1.13. The standard InChI is InChI=1S/C23H26F2N6O6/c1-37-18-15(6-26-7-16(18)31-10-21(11-31)8-22(24,25)9-21)28-14-4-17(29-19(32)12-2-3-12)27-5-13(14)20(33)30-23(34,35)36/h4-7,12,34-36H,2-3,8-11H2,1H3,(H,30,33)(H2,27,28,29,32). The maximum absolute atomic E-state index is 13.4. The Morgan fingerprint density at radius 2 is 1.84 bits per heavy atom. The molecule has 1 saturated heterocycles. The van der Waals surface area contributed by atoms with Crippen molar-refractivity contribution in [3.63, 3.8) is 0 Å². The summed E-state index contributed by atoms with van der Waals surface area (Å²) >= 11 is 0. The van der Waals surface area contributed by atoms with Gasteiger partial charge in [0.05, 0.1) is 30.8 Å². The van der Waals surface area contributed by atoms with Gasteiger partial charge in [0.1, 0.15) is 17.2 Å². The van der Waals surface area contributed by atoms with Crippen LogP contribution >= 0.6 is 0 Å². The average molecular weight is 520 g/mol. The lowest BCUT2D eigenvalue weighted by atomic mass is 9.61. The van der Waals surface area contributed by atoms with Gasteiger partial charge in [-0.1, -0.05) is 0 Å². The summed E-state index contributed by atoms with van der Waals surface area (Å²) in [5.74, 6) is -3.55. The Kier molecular flexibility index (Phi) is 5.92. The molecule has 0 aromatic carbocycles. The number of aromatic nitrogens is 2. The van der Waals surface area contributed by atoms with E-state index in [0.29, 0.717) is 30.2 Å². The number of pyridine rings is 2. The van der Waals surface area contributed by atoms with Gasteiger partial charge >= 0.3 is 6.10 Å². The molecule has 5 rings (SSSR count). The monoisotopic (exact) mass is 520 g/mol. The minimum absolute atomic E-state index is 0.0822. The molecule has 37 heavy (non-hydrogen) atoms. The first-order valence-corrected chi connectivity index (χ1v) is 11.6. The largest absolute Gasteiger partial charge is 0.492 e. The molecule has 3 aliphatic rings. The Morgan fingerprint density at radius 1 is 1.14 bits per heavy atom. The van der Waals surface area contributed by atoms with Crippen LogP contribution < -0.4 is 25.6 Å². The molecule has 14 heteroatoms. The van der Waals surface area contributed by atoms with Crippen LogP contribution in [0.2, 0.25) is 0 Å². The summed E-state index contributed by atoms with van der Waals surface area (Å²) in [5, 5.41) is 34.8. The van der Waals surface area contributed by atoms with Crippen LogP contribution in [-0.4, -0.2) is 69.3 Å². The average Bonchev–Trinajstić information content (AvgIpc) is 3.60. The molecule has 1 aliphatic heterocycles. The third kappa shape index (κ3) is 5.26. The topological polar surface area (TPSA) is 169 Å². The smallest absolute Gasteiger partial charge is 0.369 e. The number of nitrogens with zero attached hydrogens (tertiary/aromatic N) is 3. The summed E-state index contributed by atoms with van der Waals surface area (Å²) in [7, 11) is 1.43. The summed E-state index contributed by atoms with van der Waals surface area (Å²) < 4.78 is 32.4. The number of carbonyl (C=O) groups excluding carboxylic acids is 2. The quantitative estimate of drug-likeness (QED) is 0.278. The van der Waals surface area contributed by atoms with Crippen molar-refractivity contribution in [2.24, 2.45) is 11.3 Å². The Morgan fingerprint density at radius 3 is 2.43 bits per heavy atom. The number of hydrogen-bond donors (Lipinski definition) is 6. The van der Waals surface area contributed by atoms with Crippen LogP contribution in [0.1, 0.15) is 36.0 Å². The Bertz CT molecular complexity index is 1230. The number of amides is 2. The van der Waals surface area contributed by atoms with Crippen molar-refractivity contribution in [1.82, 2.24) is 15.3 Å². The molecule has 2 amide bonds. The van der Waals surface area contributed by atoms with Gasteiger partial charge in [0.2, 0.25) is 11.8 Å². The predicted molar refractivity (Wildman–Crippen MR) is 125 cm³/mol. The second-order valence-corrected chi connectivity index (χ2v) is 9.90. The first-order chi connectivity index (χ1) is 17.4. The fraction of sp³-hybridized carbons (Fsp3) is 0.478. The molecule has 6 N–H and O–H groups in total. The fourth-order valence-electron chi connectivity index (χ4n) is 4.92. The highest BCUT2D eigenvalue weighted by Crippen LogP contribution is 2.58. The van der Waals surface area contributed by atoms with Gasteiger partial charge in [-0.15, -0.1) is 0 Å². The van der Waals surface area contributed by atoms with E-state index in [0.717, 1.165) is 19.0 Å². The van der Waals surface area contributed by atoms with Crippen molar-refractivity contribution in [2.75, 3.05) is 35.7 Å². The van der Waals surface area contributed by atoms with Crippen molar-refractivity contribution in [2.45, 2.75) is 37.7 Å². The van der Waals surface area contributed by atoms with E-state index in [1.54, 1.807) is 11.5 Å². The highest BCUT2D eigenvalue weighted by Gasteiger charge is 2.62. The van der Waals surface area contributed by atoms with Crippen molar-refractivity contribution in [3.05, 3.63) is 30.2 Å². The molecule has 3 heterocycles. The third-order valence-electron chi connectivity index (χ3n) is 6.64. The summed E-state index contributed by atoms with van der Waals surface area (Å²) in [4.78, 5) is 34.9. The number of alkyl halides is 2. The molecular formula is C23H26F2N6O6. The molecule has 2 aromatic heterocycles. The highest BCUT2D eigenvalue weighted by atomic mass is 19.3.